The minimum Gasteiger partial charge on any atom is -0.350 e. The van der Waals surface area contributed by atoms with Gasteiger partial charge in [0.15, 0.2) is 0 Å². The van der Waals surface area contributed by atoms with E-state index in [1.165, 1.54) is 6.92 Å². The van der Waals surface area contributed by atoms with Gasteiger partial charge in [-0.1, -0.05) is 54.6 Å². The summed E-state index contributed by atoms with van der Waals surface area (Å²) in [5.74, 6) is -0.497. The van der Waals surface area contributed by atoms with Crippen LogP contribution in [0.3, 0.4) is 0 Å². The van der Waals surface area contributed by atoms with E-state index in [1.54, 1.807) is 0 Å². The molecule has 5 heteroatoms. The fourth-order valence-electron chi connectivity index (χ4n) is 2.31. The van der Waals surface area contributed by atoms with Crippen LogP contribution in [0.2, 0.25) is 0 Å². The molecule has 0 radical (unpaired) electrons. The Morgan fingerprint density at radius 3 is 2.39 bits per heavy atom. The summed E-state index contributed by atoms with van der Waals surface area (Å²) in [7, 11) is 0. The third-order valence-corrected chi connectivity index (χ3v) is 3.44. The summed E-state index contributed by atoms with van der Waals surface area (Å²) in [5.41, 5.74) is 8.35. The van der Waals surface area contributed by atoms with Gasteiger partial charge in [-0.05, 0) is 16.7 Å². The summed E-state index contributed by atoms with van der Waals surface area (Å²) >= 11 is 0. The number of hydrogen-bond acceptors (Lipinski definition) is 3. The second-order valence-electron chi connectivity index (χ2n) is 5.29. The van der Waals surface area contributed by atoms with Crippen molar-refractivity contribution in [3.63, 3.8) is 0 Å². The molecule has 0 unspecified atom stereocenters. The van der Waals surface area contributed by atoms with Crippen LogP contribution in [-0.2, 0) is 22.7 Å². The first kappa shape index (κ1) is 16.7. The summed E-state index contributed by atoms with van der Waals surface area (Å²) in [6, 6.07) is 16.2. The van der Waals surface area contributed by atoms with Crippen LogP contribution in [0.15, 0.2) is 54.6 Å². The van der Waals surface area contributed by atoms with Crippen LogP contribution < -0.4 is 16.4 Å². The molecule has 120 valence electrons. The van der Waals surface area contributed by atoms with Crippen molar-refractivity contribution in [3.8, 4) is 0 Å². The third kappa shape index (κ3) is 4.93. The van der Waals surface area contributed by atoms with Crippen LogP contribution in [0.4, 0.5) is 0 Å². The predicted octanol–water partition coefficient (Wildman–Crippen LogP) is 1.64. The molecule has 0 aliphatic heterocycles. The lowest BCUT2D eigenvalue weighted by Gasteiger charge is -2.18. The van der Waals surface area contributed by atoms with E-state index < -0.39 is 6.04 Å². The minimum atomic E-state index is -0.702. The topological polar surface area (TPSA) is 84.2 Å². The first-order valence-corrected chi connectivity index (χ1v) is 7.48. The maximum absolute atomic E-state index is 12.5. The molecule has 0 fully saturated rings. The van der Waals surface area contributed by atoms with E-state index in [0.717, 1.165) is 16.7 Å². The zero-order valence-electron chi connectivity index (χ0n) is 13.1. The number of amides is 2. The van der Waals surface area contributed by atoms with Crippen LogP contribution in [0, 0.1) is 0 Å². The van der Waals surface area contributed by atoms with E-state index in [9.17, 15) is 9.59 Å². The normalized spacial score (nSPS) is 11.6. The molecule has 5 nitrogen and oxygen atoms in total. The molecule has 0 aliphatic rings. The van der Waals surface area contributed by atoms with Crippen LogP contribution in [-0.4, -0.2) is 11.8 Å². The maximum Gasteiger partial charge on any atom is 0.247 e. The molecule has 0 saturated carbocycles. The Kier molecular flexibility index (Phi) is 5.88. The molecule has 0 aromatic heterocycles. The number of rotatable bonds is 6. The molecule has 0 bridgehead atoms. The Bertz CT molecular complexity index is 671. The fourth-order valence-corrected chi connectivity index (χ4v) is 2.31. The predicted molar refractivity (Wildman–Crippen MR) is 89.2 cm³/mol. The molecule has 0 saturated heterocycles. The monoisotopic (exact) mass is 311 g/mol. The molecule has 1 atom stereocenters. The van der Waals surface area contributed by atoms with Crippen molar-refractivity contribution in [1.82, 2.24) is 10.6 Å². The van der Waals surface area contributed by atoms with Crippen LogP contribution in [0.25, 0.3) is 0 Å². The fraction of sp³-hybridized carbons (Fsp3) is 0.222. The lowest BCUT2D eigenvalue weighted by Crippen LogP contribution is -2.39. The molecule has 4 N–H and O–H groups in total. The molecule has 23 heavy (non-hydrogen) atoms. The van der Waals surface area contributed by atoms with Gasteiger partial charge < -0.3 is 16.4 Å². The number of nitrogens with two attached hydrogens (primary N) is 1. The highest BCUT2D eigenvalue weighted by Crippen LogP contribution is 2.13. The standard InChI is InChI=1S/C18H21N3O2/c1-13(22)21-17(16-8-3-2-4-9-16)18(23)20-12-15-7-5-6-14(10-15)11-19/h2-10,17H,11-12,19H2,1H3,(H,20,23)(H,21,22)/t17-/m0/s1. The van der Waals surface area contributed by atoms with Crippen LogP contribution in [0.1, 0.15) is 29.7 Å². The van der Waals surface area contributed by atoms with Crippen molar-refractivity contribution in [2.75, 3.05) is 0 Å². The van der Waals surface area contributed by atoms with E-state index >= 15 is 0 Å². The van der Waals surface area contributed by atoms with Gasteiger partial charge in [0.1, 0.15) is 6.04 Å². The average Bonchev–Trinajstić information content (AvgIpc) is 2.58. The molecule has 0 aliphatic carbocycles. The van der Waals surface area contributed by atoms with E-state index in [2.05, 4.69) is 10.6 Å². The highest BCUT2D eigenvalue weighted by atomic mass is 16.2. The summed E-state index contributed by atoms with van der Waals surface area (Å²) in [6.07, 6.45) is 0. The number of hydrogen-bond donors (Lipinski definition) is 3. The second-order valence-corrected chi connectivity index (χ2v) is 5.29. The highest BCUT2D eigenvalue weighted by Gasteiger charge is 2.20. The number of benzene rings is 2. The van der Waals surface area contributed by atoms with Gasteiger partial charge in [-0.3, -0.25) is 9.59 Å². The zero-order chi connectivity index (χ0) is 16.7. The smallest absolute Gasteiger partial charge is 0.247 e. The molecule has 2 rings (SSSR count). The van der Waals surface area contributed by atoms with Crippen molar-refractivity contribution in [2.24, 2.45) is 5.73 Å². The lowest BCUT2D eigenvalue weighted by atomic mass is 10.1. The molecular weight excluding hydrogens is 290 g/mol. The van der Waals surface area contributed by atoms with Gasteiger partial charge in [-0.2, -0.15) is 0 Å². The van der Waals surface area contributed by atoms with Gasteiger partial charge in [0.05, 0.1) is 0 Å². The Morgan fingerprint density at radius 1 is 1.04 bits per heavy atom. The zero-order valence-corrected chi connectivity index (χ0v) is 13.1. The summed E-state index contributed by atoms with van der Waals surface area (Å²) < 4.78 is 0. The van der Waals surface area contributed by atoms with E-state index in [4.69, 9.17) is 5.73 Å². The molecule has 0 spiro atoms. The third-order valence-electron chi connectivity index (χ3n) is 3.44. The Labute approximate surface area is 135 Å². The minimum absolute atomic E-state index is 0.246. The van der Waals surface area contributed by atoms with Crippen molar-refractivity contribution in [1.29, 1.82) is 0 Å². The maximum atomic E-state index is 12.5. The summed E-state index contributed by atoms with van der Waals surface area (Å²) in [6.45, 7) is 2.24. The SMILES string of the molecule is CC(=O)N[C@H](C(=O)NCc1cccc(CN)c1)c1ccccc1. The average molecular weight is 311 g/mol. The number of carbonyl (C=O) groups is 2. The Hall–Kier alpha value is -2.66. The van der Waals surface area contributed by atoms with Crippen molar-refractivity contribution in [2.45, 2.75) is 26.1 Å². The van der Waals surface area contributed by atoms with Gasteiger partial charge in [0, 0.05) is 20.0 Å². The van der Waals surface area contributed by atoms with Gasteiger partial charge in [-0.25, -0.2) is 0 Å². The quantitative estimate of drug-likeness (QED) is 0.758. The van der Waals surface area contributed by atoms with E-state index in [0.29, 0.717) is 13.1 Å². The Morgan fingerprint density at radius 2 is 1.74 bits per heavy atom. The molecule has 2 amide bonds. The van der Waals surface area contributed by atoms with Crippen molar-refractivity contribution in [3.05, 3.63) is 71.3 Å². The van der Waals surface area contributed by atoms with Crippen LogP contribution in [0.5, 0.6) is 0 Å². The molecule has 2 aromatic rings. The van der Waals surface area contributed by atoms with Gasteiger partial charge in [0.2, 0.25) is 11.8 Å². The highest BCUT2D eigenvalue weighted by molar-refractivity contribution is 5.87. The van der Waals surface area contributed by atoms with E-state index in [-0.39, 0.29) is 11.8 Å². The van der Waals surface area contributed by atoms with Crippen molar-refractivity contribution >= 4 is 11.8 Å². The van der Waals surface area contributed by atoms with Crippen molar-refractivity contribution < 1.29 is 9.59 Å². The van der Waals surface area contributed by atoms with Crippen LogP contribution >= 0.6 is 0 Å². The first-order valence-electron chi connectivity index (χ1n) is 7.48. The number of carbonyl (C=O) groups excluding carboxylic acids is 2. The number of nitrogens with one attached hydrogen (secondary N) is 2. The van der Waals surface area contributed by atoms with E-state index in [1.807, 2.05) is 54.6 Å². The van der Waals surface area contributed by atoms with Gasteiger partial charge in [-0.15, -0.1) is 0 Å². The summed E-state index contributed by atoms with van der Waals surface area (Å²) in [4.78, 5) is 23.8. The Balaban J connectivity index is 2.07. The molecular formula is C18H21N3O2. The lowest BCUT2D eigenvalue weighted by molar-refractivity contribution is -0.128. The second kappa shape index (κ2) is 8.10. The van der Waals surface area contributed by atoms with Gasteiger partial charge in [0.25, 0.3) is 0 Å². The molecule has 0 heterocycles. The molecule has 2 aromatic carbocycles. The first-order chi connectivity index (χ1) is 11.1. The van der Waals surface area contributed by atoms with Gasteiger partial charge >= 0.3 is 0 Å². The largest absolute Gasteiger partial charge is 0.350 e. The summed E-state index contributed by atoms with van der Waals surface area (Å²) in [5, 5.41) is 5.54.